The molecule has 2 fully saturated rings. The molecule has 0 radical (unpaired) electrons. The van der Waals surface area contributed by atoms with E-state index < -0.39 is 19.5 Å². The monoisotopic (exact) mass is 401 g/mol. The van der Waals surface area contributed by atoms with Crippen LogP contribution in [0.2, 0.25) is 18.1 Å². The number of ether oxygens (including phenoxy) is 2. The van der Waals surface area contributed by atoms with Crippen LogP contribution in [0, 0.1) is 0 Å². The number of amides is 1. The molecule has 2 aliphatic heterocycles. The van der Waals surface area contributed by atoms with Gasteiger partial charge in [-0.25, -0.2) is 4.79 Å². The van der Waals surface area contributed by atoms with Crippen LogP contribution in [-0.2, 0) is 13.9 Å². The molecule has 27 heavy (non-hydrogen) atoms. The summed E-state index contributed by atoms with van der Waals surface area (Å²) in [5.74, 6) is 0. The number of carbonyl (C=O) groups excluding carboxylic acids is 1. The Kier molecular flexibility index (Phi) is 6.42. The van der Waals surface area contributed by atoms with E-state index in [0.29, 0.717) is 39.1 Å². The van der Waals surface area contributed by atoms with Crippen molar-refractivity contribution in [3.63, 3.8) is 0 Å². The second-order valence-corrected chi connectivity index (χ2v) is 15.5. The van der Waals surface area contributed by atoms with Crippen molar-refractivity contribution >= 4 is 14.4 Å². The van der Waals surface area contributed by atoms with Crippen molar-refractivity contribution in [1.29, 1.82) is 0 Å². The Morgan fingerprint density at radius 1 is 1.15 bits per heavy atom. The van der Waals surface area contributed by atoms with Crippen molar-refractivity contribution < 1.29 is 23.8 Å². The van der Waals surface area contributed by atoms with Crippen LogP contribution in [0.15, 0.2) is 0 Å². The summed E-state index contributed by atoms with van der Waals surface area (Å²) in [5.41, 5.74) is -1.35. The third-order valence-corrected chi connectivity index (χ3v) is 10.6. The molecule has 2 heterocycles. The Bertz CT molecular complexity index is 523. The summed E-state index contributed by atoms with van der Waals surface area (Å²) in [6.07, 6.45) is 1.29. The number of hydrogen-bond donors (Lipinski definition) is 1. The smallest absolute Gasteiger partial charge is 0.410 e. The van der Waals surface area contributed by atoms with Gasteiger partial charge >= 0.3 is 6.09 Å². The van der Waals surface area contributed by atoms with Crippen LogP contribution in [0.3, 0.4) is 0 Å². The summed E-state index contributed by atoms with van der Waals surface area (Å²) in [4.78, 5) is 14.4. The molecule has 1 amide bonds. The largest absolute Gasteiger partial charge is 0.444 e. The van der Waals surface area contributed by atoms with Crippen LogP contribution in [0.25, 0.3) is 0 Å². The van der Waals surface area contributed by atoms with Gasteiger partial charge in [-0.05, 0) is 58.2 Å². The van der Waals surface area contributed by atoms with Crippen molar-refractivity contribution in [3.05, 3.63) is 0 Å². The quantitative estimate of drug-likeness (QED) is 0.723. The first-order valence-corrected chi connectivity index (χ1v) is 13.0. The normalized spacial score (nSPS) is 29.6. The van der Waals surface area contributed by atoms with E-state index in [1.54, 1.807) is 4.90 Å². The standard InChI is InChI=1S/C20H39NO5Si/c1-18(2,3)26-17(22)21-15-11-20(23,12-16(21)14-24-13-15)9-10-25-27(7,8)19(4,5)6/h15-16,23H,9-14H2,1-8H3. The minimum absolute atomic E-state index is 0.148. The zero-order valence-corrected chi connectivity index (χ0v) is 19.4. The number of morpholine rings is 1. The zero-order chi connectivity index (χ0) is 20.7. The Morgan fingerprint density at radius 3 is 2.11 bits per heavy atom. The van der Waals surface area contributed by atoms with Gasteiger partial charge in [0.1, 0.15) is 5.60 Å². The van der Waals surface area contributed by atoms with Crippen molar-refractivity contribution in [1.82, 2.24) is 4.90 Å². The average molecular weight is 402 g/mol. The van der Waals surface area contributed by atoms with E-state index in [2.05, 4.69) is 33.9 Å². The number of nitrogens with zero attached hydrogens (tertiary/aromatic N) is 1. The molecule has 0 aromatic carbocycles. The predicted molar refractivity (Wildman–Crippen MR) is 108 cm³/mol. The summed E-state index contributed by atoms with van der Waals surface area (Å²) < 4.78 is 17.5. The van der Waals surface area contributed by atoms with E-state index in [1.807, 2.05) is 20.8 Å². The van der Waals surface area contributed by atoms with Crippen molar-refractivity contribution in [2.24, 2.45) is 0 Å². The van der Waals surface area contributed by atoms with E-state index >= 15 is 0 Å². The van der Waals surface area contributed by atoms with Crippen LogP contribution in [0.1, 0.15) is 60.8 Å². The van der Waals surface area contributed by atoms with Crippen LogP contribution in [0.5, 0.6) is 0 Å². The summed E-state index contributed by atoms with van der Waals surface area (Å²) in [5, 5.41) is 11.4. The highest BCUT2D eigenvalue weighted by Crippen LogP contribution is 2.39. The number of fused-ring (bicyclic) bond motifs is 2. The van der Waals surface area contributed by atoms with E-state index in [0.717, 1.165) is 0 Å². The maximum atomic E-state index is 12.6. The first-order chi connectivity index (χ1) is 12.1. The molecule has 2 saturated heterocycles. The molecule has 158 valence electrons. The molecule has 7 heteroatoms. The molecule has 0 spiro atoms. The highest BCUT2D eigenvalue weighted by Gasteiger charge is 2.49. The van der Waals surface area contributed by atoms with E-state index in [9.17, 15) is 9.90 Å². The highest BCUT2D eigenvalue weighted by molar-refractivity contribution is 6.74. The van der Waals surface area contributed by atoms with E-state index in [1.165, 1.54) is 0 Å². The Labute approximate surface area is 165 Å². The molecule has 0 aromatic heterocycles. The third-order valence-electron chi connectivity index (χ3n) is 6.08. The van der Waals surface area contributed by atoms with Crippen molar-refractivity contribution in [3.8, 4) is 0 Å². The second kappa shape index (κ2) is 7.65. The molecular weight excluding hydrogens is 362 g/mol. The number of carbonyl (C=O) groups is 1. The summed E-state index contributed by atoms with van der Waals surface area (Å²) in [6, 6.07) is -0.296. The van der Waals surface area contributed by atoms with Gasteiger partial charge in [0.25, 0.3) is 0 Å². The highest BCUT2D eigenvalue weighted by atomic mass is 28.4. The topological polar surface area (TPSA) is 68.2 Å². The number of hydrogen-bond acceptors (Lipinski definition) is 5. The van der Waals surface area contributed by atoms with Crippen molar-refractivity contribution in [2.45, 2.75) is 102 Å². The van der Waals surface area contributed by atoms with Gasteiger partial charge in [-0.15, -0.1) is 0 Å². The molecule has 1 N–H and O–H groups in total. The molecule has 2 atom stereocenters. The lowest BCUT2D eigenvalue weighted by molar-refractivity contribution is -0.142. The van der Waals surface area contributed by atoms with Crippen LogP contribution in [0.4, 0.5) is 4.79 Å². The minimum Gasteiger partial charge on any atom is -0.444 e. The van der Waals surface area contributed by atoms with Crippen LogP contribution in [-0.4, -0.2) is 67.5 Å². The lowest BCUT2D eigenvalue weighted by Crippen LogP contribution is -2.64. The maximum absolute atomic E-state index is 12.6. The Balaban J connectivity index is 1.99. The minimum atomic E-state index is -1.83. The fourth-order valence-electron chi connectivity index (χ4n) is 3.60. The lowest BCUT2D eigenvalue weighted by atomic mass is 9.79. The van der Waals surface area contributed by atoms with Gasteiger partial charge in [-0.1, -0.05) is 20.8 Å². The molecule has 6 nitrogen and oxygen atoms in total. The Morgan fingerprint density at radius 2 is 1.67 bits per heavy atom. The molecule has 0 saturated carbocycles. The molecule has 2 rings (SSSR count). The SMILES string of the molecule is CC(C)(C)OC(=O)N1C2COCC1CC(O)(CCO[Si](C)(C)C(C)(C)C)C2. The number of rotatable bonds is 4. The van der Waals surface area contributed by atoms with Crippen molar-refractivity contribution in [2.75, 3.05) is 19.8 Å². The number of piperidine rings is 1. The molecule has 0 aromatic rings. The lowest BCUT2D eigenvalue weighted by Gasteiger charge is -2.51. The molecule has 2 aliphatic rings. The molecule has 0 aliphatic carbocycles. The second-order valence-electron chi connectivity index (χ2n) is 10.7. The van der Waals surface area contributed by atoms with Gasteiger partial charge < -0.3 is 19.0 Å². The summed E-state index contributed by atoms with van der Waals surface area (Å²) in [6.45, 7) is 18.2. The van der Waals surface area contributed by atoms with E-state index in [4.69, 9.17) is 13.9 Å². The maximum Gasteiger partial charge on any atom is 0.410 e. The van der Waals surface area contributed by atoms with Gasteiger partial charge in [-0.2, -0.15) is 0 Å². The van der Waals surface area contributed by atoms with E-state index in [-0.39, 0.29) is 23.2 Å². The number of aliphatic hydroxyl groups is 1. The molecular formula is C20H39NO5Si. The first-order valence-electron chi connectivity index (χ1n) is 10.1. The summed E-state index contributed by atoms with van der Waals surface area (Å²) >= 11 is 0. The van der Waals surface area contributed by atoms with Gasteiger partial charge in [0, 0.05) is 6.61 Å². The van der Waals surface area contributed by atoms with Gasteiger partial charge in [0.15, 0.2) is 8.32 Å². The fourth-order valence-corrected chi connectivity index (χ4v) is 4.65. The molecule has 2 bridgehead atoms. The van der Waals surface area contributed by atoms with Gasteiger partial charge in [0.05, 0.1) is 30.9 Å². The third kappa shape index (κ3) is 5.68. The van der Waals surface area contributed by atoms with Gasteiger partial charge in [0.2, 0.25) is 0 Å². The Hall–Kier alpha value is -0.633. The summed E-state index contributed by atoms with van der Waals surface area (Å²) in [7, 11) is -1.83. The average Bonchev–Trinajstić information content (AvgIpc) is 2.42. The fraction of sp³-hybridized carbons (Fsp3) is 0.950. The predicted octanol–water partition coefficient (Wildman–Crippen LogP) is 3.93. The van der Waals surface area contributed by atoms with Crippen LogP contribution >= 0.6 is 0 Å². The first kappa shape index (κ1) is 22.7. The van der Waals surface area contributed by atoms with Gasteiger partial charge in [-0.3, -0.25) is 4.90 Å². The van der Waals surface area contributed by atoms with Crippen LogP contribution < -0.4 is 0 Å². The zero-order valence-electron chi connectivity index (χ0n) is 18.4. The molecule has 2 unspecified atom stereocenters.